The molecule has 0 unspecified atom stereocenters. The first-order valence-corrected chi connectivity index (χ1v) is 6.44. The van der Waals surface area contributed by atoms with Crippen molar-refractivity contribution in [2.24, 2.45) is 0 Å². The maximum atomic E-state index is 10.2. The number of phenolic OH excluding ortho intramolecular Hbond substituents is 1. The lowest BCUT2D eigenvalue weighted by atomic mass is 9.85. The summed E-state index contributed by atoms with van der Waals surface area (Å²) in [6.45, 7) is 0. The summed E-state index contributed by atoms with van der Waals surface area (Å²) >= 11 is 0. The number of aromatic hydroxyl groups is 1. The molecule has 0 spiro atoms. The molecule has 0 aliphatic rings. The van der Waals surface area contributed by atoms with Gasteiger partial charge in [-0.05, 0) is 41.5 Å². The minimum atomic E-state index is -0.0257. The minimum Gasteiger partial charge on any atom is -0.508 e. The molecule has 0 saturated carbocycles. The van der Waals surface area contributed by atoms with Crippen LogP contribution in [0.25, 0.3) is 0 Å². The summed E-state index contributed by atoms with van der Waals surface area (Å²) in [6, 6.07) is 15.3. The molecule has 2 heterocycles. The second kappa shape index (κ2) is 5.53. The van der Waals surface area contributed by atoms with Crippen LogP contribution in [0, 0.1) is 0 Å². The van der Waals surface area contributed by atoms with Crippen LogP contribution in [0.3, 0.4) is 0 Å². The Morgan fingerprint density at radius 1 is 0.700 bits per heavy atom. The quantitative estimate of drug-likeness (QED) is 0.787. The van der Waals surface area contributed by atoms with Gasteiger partial charge in [-0.3, -0.25) is 9.97 Å². The summed E-state index contributed by atoms with van der Waals surface area (Å²) in [7, 11) is 0. The van der Waals surface area contributed by atoms with E-state index in [9.17, 15) is 5.11 Å². The summed E-state index contributed by atoms with van der Waals surface area (Å²) in [5, 5.41) is 10.2. The van der Waals surface area contributed by atoms with Gasteiger partial charge in [-0.15, -0.1) is 0 Å². The number of pyridine rings is 2. The Labute approximate surface area is 117 Å². The van der Waals surface area contributed by atoms with Gasteiger partial charge in [0, 0.05) is 36.3 Å². The van der Waals surface area contributed by atoms with Crippen molar-refractivity contribution < 1.29 is 5.11 Å². The summed E-state index contributed by atoms with van der Waals surface area (Å²) in [5.74, 6) is 0.272. The fraction of sp³-hybridized carbons (Fsp3) is 0.0588. The predicted molar refractivity (Wildman–Crippen MR) is 77.5 cm³/mol. The van der Waals surface area contributed by atoms with Crippen LogP contribution in [-0.4, -0.2) is 15.1 Å². The van der Waals surface area contributed by atoms with E-state index in [1.54, 1.807) is 30.9 Å². The van der Waals surface area contributed by atoms with E-state index < -0.39 is 0 Å². The normalized spacial score (nSPS) is 10.7. The summed E-state index contributed by atoms with van der Waals surface area (Å²) in [6.07, 6.45) is 7.07. The van der Waals surface area contributed by atoms with Crippen molar-refractivity contribution in [3.8, 4) is 5.75 Å². The zero-order valence-corrected chi connectivity index (χ0v) is 10.8. The van der Waals surface area contributed by atoms with Gasteiger partial charge in [-0.25, -0.2) is 0 Å². The van der Waals surface area contributed by atoms with Gasteiger partial charge in [-0.2, -0.15) is 0 Å². The van der Waals surface area contributed by atoms with Crippen LogP contribution >= 0.6 is 0 Å². The Hall–Kier alpha value is -2.68. The zero-order valence-electron chi connectivity index (χ0n) is 10.8. The Morgan fingerprint density at radius 3 is 1.70 bits per heavy atom. The van der Waals surface area contributed by atoms with Crippen LogP contribution in [0.15, 0.2) is 73.3 Å². The largest absolute Gasteiger partial charge is 0.508 e. The molecule has 3 rings (SSSR count). The first-order chi connectivity index (χ1) is 9.86. The minimum absolute atomic E-state index is 0.0257. The molecule has 1 aromatic carbocycles. The number of para-hydroxylation sites is 1. The van der Waals surface area contributed by atoms with E-state index in [2.05, 4.69) is 9.97 Å². The molecule has 0 fully saturated rings. The number of benzene rings is 1. The van der Waals surface area contributed by atoms with E-state index in [0.29, 0.717) is 5.75 Å². The zero-order chi connectivity index (χ0) is 13.8. The van der Waals surface area contributed by atoms with Gasteiger partial charge in [0.2, 0.25) is 0 Å². The average molecular weight is 262 g/mol. The molecule has 98 valence electrons. The molecule has 0 bridgehead atoms. The molecule has 3 aromatic rings. The summed E-state index contributed by atoms with van der Waals surface area (Å²) in [4.78, 5) is 8.13. The van der Waals surface area contributed by atoms with Crippen molar-refractivity contribution in [1.82, 2.24) is 9.97 Å². The van der Waals surface area contributed by atoms with Crippen molar-refractivity contribution in [3.05, 3.63) is 90.0 Å². The molecule has 0 atom stereocenters. The lowest BCUT2D eigenvalue weighted by Gasteiger charge is -2.19. The number of phenols is 1. The van der Waals surface area contributed by atoms with Crippen LogP contribution < -0.4 is 0 Å². The van der Waals surface area contributed by atoms with Gasteiger partial charge in [0.15, 0.2) is 0 Å². The van der Waals surface area contributed by atoms with Crippen LogP contribution in [0.4, 0.5) is 0 Å². The molecule has 3 nitrogen and oxygen atoms in total. The summed E-state index contributed by atoms with van der Waals surface area (Å²) in [5.41, 5.74) is 3.06. The summed E-state index contributed by atoms with van der Waals surface area (Å²) < 4.78 is 0. The van der Waals surface area contributed by atoms with Gasteiger partial charge in [-0.1, -0.05) is 18.2 Å². The van der Waals surface area contributed by atoms with Gasteiger partial charge in [0.05, 0.1) is 0 Å². The molecule has 3 heteroatoms. The first kappa shape index (κ1) is 12.4. The molecular formula is C17H14N2O. The van der Waals surface area contributed by atoms with Crippen LogP contribution in [-0.2, 0) is 0 Å². The third kappa shape index (κ3) is 2.38. The molecule has 1 N–H and O–H groups in total. The van der Waals surface area contributed by atoms with Crippen molar-refractivity contribution in [1.29, 1.82) is 0 Å². The van der Waals surface area contributed by atoms with Gasteiger partial charge >= 0.3 is 0 Å². The lowest BCUT2D eigenvalue weighted by Crippen LogP contribution is -2.04. The average Bonchev–Trinajstić information content (AvgIpc) is 2.52. The fourth-order valence-corrected chi connectivity index (χ4v) is 2.39. The van der Waals surface area contributed by atoms with Crippen molar-refractivity contribution in [3.63, 3.8) is 0 Å². The monoisotopic (exact) mass is 262 g/mol. The molecule has 0 aliphatic heterocycles. The topological polar surface area (TPSA) is 46.0 Å². The highest BCUT2D eigenvalue weighted by Gasteiger charge is 2.19. The van der Waals surface area contributed by atoms with Gasteiger partial charge < -0.3 is 5.11 Å². The van der Waals surface area contributed by atoms with E-state index in [1.165, 1.54) is 0 Å². The smallest absolute Gasteiger partial charge is 0.119 e. The third-order valence-electron chi connectivity index (χ3n) is 3.33. The number of hydrogen-bond acceptors (Lipinski definition) is 3. The lowest BCUT2D eigenvalue weighted by molar-refractivity contribution is 0.467. The van der Waals surface area contributed by atoms with Crippen LogP contribution in [0.5, 0.6) is 5.75 Å². The van der Waals surface area contributed by atoms with E-state index in [4.69, 9.17) is 0 Å². The van der Waals surface area contributed by atoms with E-state index in [1.807, 2.05) is 42.5 Å². The van der Waals surface area contributed by atoms with E-state index >= 15 is 0 Å². The Morgan fingerprint density at radius 2 is 1.20 bits per heavy atom. The molecule has 0 amide bonds. The SMILES string of the molecule is Oc1ccccc1C(c1ccncc1)c1ccncc1. The first-order valence-electron chi connectivity index (χ1n) is 6.44. The van der Waals surface area contributed by atoms with Gasteiger partial charge in [0.25, 0.3) is 0 Å². The molecule has 20 heavy (non-hydrogen) atoms. The predicted octanol–water partition coefficient (Wildman–Crippen LogP) is 3.36. The van der Waals surface area contributed by atoms with Crippen LogP contribution in [0.1, 0.15) is 22.6 Å². The van der Waals surface area contributed by atoms with Gasteiger partial charge in [0.1, 0.15) is 5.75 Å². The Bertz CT molecular complexity index is 644. The molecular weight excluding hydrogens is 248 g/mol. The van der Waals surface area contributed by atoms with Crippen molar-refractivity contribution in [2.75, 3.05) is 0 Å². The number of rotatable bonds is 3. The number of aromatic nitrogens is 2. The standard InChI is InChI=1S/C17H14N2O/c20-16-4-2-1-3-15(16)17(13-5-9-18-10-6-13)14-7-11-19-12-8-14/h1-12,17,20H. The second-order valence-electron chi connectivity index (χ2n) is 4.55. The molecule has 0 radical (unpaired) electrons. The second-order valence-corrected chi connectivity index (χ2v) is 4.55. The highest BCUT2D eigenvalue weighted by atomic mass is 16.3. The highest BCUT2D eigenvalue weighted by molar-refractivity contribution is 5.47. The Kier molecular flexibility index (Phi) is 3.42. The highest BCUT2D eigenvalue weighted by Crippen LogP contribution is 2.35. The maximum absolute atomic E-state index is 10.2. The molecule has 2 aromatic heterocycles. The number of nitrogens with zero attached hydrogens (tertiary/aromatic N) is 2. The van der Waals surface area contributed by atoms with Crippen molar-refractivity contribution >= 4 is 0 Å². The maximum Gasteiger partial charge on any atom is 0.119 e. The fourth-order valence-electron chi connectivity index (χ4n) is 2.39. The van der Waals surface area contributed by atoms with Crippen LogP contribution in [0.2, 0.25) is 0 Å². The molecule has 0 saturated heterocycles. The Balaban J connectivity index is 2.17. The van der Waals surface area contributed by atoms with E-state index in [-0.39, 0.29) is 5.92 Å². The molecule has 0 aliphatic carbocycles. The van der Waals surface area contributed by atoms with Crippen molar-refractivity contribution in [2.45, 2.75) is 5.92 Å². The van der Waals surface area contributed by atoms with E-state index in [0.717, 1.165) is 16.7 Å². The number of hydrogen-bond donors (Lipinski definition) is 1. The third-order valence-corrected chi connectivity index (χ3v) is 3.33.